The highest BCUT2D eigenvalue weighted by atomic mass is 16.5. The second-order valence-corrected chi connectivity index (χ2v) is 6.17. The zero-order valence-electron chi connectivity index (χ0n) is 12.4. The van der Waals surface area contributed by atoms with Gasteiger partial charge in [-0.05, 0) is 36.3 Å². The fraction of sp³-hybridized carbons (Fsp3) is 0.625. The highest BCUT2D eigenvalue weighted by Gasteiger charge is 2.35. The quantitative estimate of drug-likeness (QED) is 0.680. The minimum Gasteiger partial charge on any atom is -0.377 e. The molecule has 0 aromatic rings. The maximum Gasteiger partial charge on any atom is 0.165 e. The predicted molar refractivity (Wildman–Crippen MR) is 77.6 cm³/mol. The molecule has 0 atom stereocenters. The fourth-order valence-electron chi connectivity index (χ4n) is 2.93. The summed E-state index contributed by atoms with van der Waals surface area (Å²) in [6, 6.07) is 0. The molecule has 0 N–H and O–H groups in total. The number of ketones is 1. The van der Waals surface area contributed by atoms with Crippen LogP contribution in [0, 0.1) is 5.41 Å². The van der Waals surface area contributed by atoms with E-state index in [1.54, 1.807) is 7.05 Å². The first-order chi connectivity index (χ1) is 8.94. The number of carbonyl (C=O) groups is 1. The molecular weight excluding hydrogens is 238 g/mol. The molecule has 3 heteroatoms. The number of carbonyl (C=O) groups excluding carboxylic acids is 1. The Morgan fingerprint density at radius 3 is 2.68 bits per heavy atom. The summed E-state index contributed by atoms with van der Waals surface area (Å²) in [6.45, 7) is 7.71. The zero-order chi connectivity index (χ0) is 14.0. The molecule has 0 aromatic carbocycles. The maximum absolute atomic E-state index is 12.5. The molecule has 104 valence electrons. The molecular formula is C16H23NO2. The molecule has 0 saturated heterocycles. The minimum absolute atomic E-state index is 0.0275. The lowest BCUT2D eigenvalue weighted by molar-refractivity contribution is -0.117. The van der Waals surface area contributed by atoms with Gasteiger partial charge in [-0.1, -0.05) is 19.9 Å². The normalized spacial score (nSPS) is 28.3. The Morgan fingerprint density at radius 2 is 2.11 bits per heavy atom. The van der Waals surface area contributed by atoms with Crippen LogP contribution in [0.2, 0.25) is 0 Å². The molecule has 1 saturated carbocycles. The van der Waals surface area contributed by atoms with Crippen LogP contribution in [0.4, 0.5) is 0 Å². The van der Waals surface area contributed by atoms with Crippen LogP contribution in [0.5, 0.6) is 0 Å². The molecule has 0 radical (unpaired) electrons. The summed E-state index contributed by atoms with van der Waals surface area (Å²) in [5.41, 5.74) is 4.20. The van der Waals surface area contributed by atoms with E-state index in [-0.39, 0.29) is 11.2 Å². The summed E-state index contributed by atoms with van der Waals surface area (Å²) in [4.78, 5) is 16.8. The fourth-order valence-corrected chi connectivity index (χ4v) is 2.93. The molecule has 0 spiro atoms. The highest BCUT2D eigenvalue weighted by Crippen LogP contribution is 2.36. The average Bonchev–Trinajstić information content (AvgIpc) is 2.37. The number of allylic oxidation sites excluding steroid dienone is 2. The predicted octanol–water partition coefficient (Wildman–Crippen LogP) is 3.11. The average molecular weight is 261 g/mol. The number of rotatable bonds is 1. The summed E-state index contributed by atoms with van der Waals surface area (Å²) in [5, 5.41) is 0. The van der Waals surface area contributed by atoms with Crippen LogP contribution in [0.1, 0.15) is 40.0 Å². The molecule has 2 aliphatic rings. The first kappa shape index (κ1) is 14.2. The monoisotopic (exact) mass is 261 g/mol. The largest absolute Gasteiger partial charge is 0.377 e. The lowest BCUT2D eigenvalue weighted by Crippen LogP contribution is -2.32. The standard InChI is InChI=1S/C16H23NO2/c1-11(12-5-7-19-8-6-12)15-13(17-4)9-16(2,3)10-14(15)18/h5H,6-10H2,1-4H3/b15-11-,17-13?. The van der Waals surface area contributed by atoms with E-state index < -0.39 is 0 Å². The number of hydrogen-bond acceptors (Lipinski definition) is 3. The van der Waals surface area contributed by atoms with Crippen molar-refractivity contribution in [3.8, 4) is 0 Å². The van der Waals surface area contributed by atoms with Gasteiger partial charge in [0.1, 0.15) is 0 Å². The third kappa shape index (κ3) is 3.03. The molecule has 0 bridgehead atoms. The molecule has 1 fully saturated rings. The number of nitrogens with zero attached hydrogens (tertiary/aromatic N) is 1. The van der Waals surface area contributed by atoms with Crippen LogP contribution in [0.3, 0.4) is 0 Å². The number of Topliss-reactive ketones (excluding diaryl/α,β-unsaturated/α-hetero) is 1. The van der Waals surface area contributed by atoms with Crippen LogP contribution in [-0.4, -0.2) is 31.8 Å². The summed E-state index contributed by atoms with van der Waals surface area (Å²) < 4.78 is 5.34. The first-order valence-corrected chi connectivity index (χ1v) is 6.92. The lowest BCUT2D eigenvalue weighted by Gasteiger charge is -2.32. The van der Waals surface area contributed by atoms with E-state index >= 15 is 0 Å². The van der Waals surface area contributed by atoms with Gasteiger partial charge in [-0.2, -0.15) is 0 Å². The van der Waals surface area contributed by atoms with Crippen molar-refractivity contribution in [1.29, 1.82) is 0 Å². The Bertz CT molecular complexity index is 481. The first-order valence-electron chi connectivity index (χ1n) is 6.92. The third-order valence-electron chi connectivity index (χ3n) is 3.94. The van der Waals surface area contributed by atoms with Crippen LogP contribution >= 0.6 is 0 Å². The molecule has 19 heavy (non-hydrogen) atoms. The summed E-state index contributed by atoms with van der Waals surface area (Å²) in [5.74, 6) is 0.238. The molecule has 2 rings (SSSR count). The smallest absolute Gasteiger partial charge is 0.165 e. The second kappa shape index (κ2) is 5.41. The van der Waals surface area contributed by atoms with Crippen molar-refractivity contribution >= 4 is 11.5 Å². The molecule has 1 aliphatic heterocycles. The number of aliphatic imine (C=N–C) groups is 1. The van der Waals surface area contributed by atoms with Gasteiger partial charge in [-0.15, -0.1) is 0 Å². The van der Waals surface area contributed by atoms with Gasteiger partial charge in [0.2, 0.25) is 0 Å². The second-order valence-electron chi connectivity index (χ2n) is 6.17. The molecule has 3 nitrogen and oxygen atoms in total. The minimum atomic E-state index is 0.0275. The van der Waals surface area contributed by atoms with Gasteiger partial charge in [0.15, 0.2) is 5.78 Å². The summed E-state index contributed by atoms with van der Waals surface area (Å²) >= 11 is 0. The Balaban J connectivity index is 2.41. The molecule has 0 amide bonds. The van der Waals surface area contributed by atoms with Gasteiger partial charge in [0.05, 0.1) is 13.2 Å². The Kier molecular flexibility index (Phi) is 4.04. The van der Waals surface area contributed by atoms with E-state index in [9.17, 15) is 4.79 Å². The Morgan fingerprint density at radius 1 is 1.37 bits per heavy atom. The van der Waals surface area contributed by atoms with Crippen molar-refractivity contribution < 1.29 is 9.53 Å². The van der Waals surface area contributed by atoms with Crippen LogP contribution in [0.25, 0.3) is 0 Å². The van der Waals surface area contributed by atoms with E-state index in [4.69, 9.17) is 4.74 Å². The van der Waals surface area contributed by atoms with Gasteiger partial charge < -0.3 is 4.74 Å². The van der Waals surface area contributed by atoms with Crippen LogP contribution in [-0.2, 0) is 9.53 Å². The van der Waals surface area contributed by atoms with Crippen molar-refractivity contribution in [1.82, 2.24) is 0 Å². The van der Waals surface area contributed by atoms with Gasteiger partial charge in [-0.25, -0.2) is 0 Å². The maximum atomic E-state index is 12.5. The molecule has 0 unspecified atom stereocenters. The van der Waals surface area contributed by atoms with Crippen molar-refractivity contribution in [2.75, 3.05) is 20.3 Å². The summed E-state index contributed by atoms with van der Waals surface area (Å²) in [7, 11) is 1.79. The van der Waals surface area contributed by atoms with Crippen molar-refractivity contribution in [2.45, 2.75) is 40.0 Å². The van der Waals surface area contributed by atoms with E-state index in [1.165, 1.54) is 5.57 Å². The molecule has 1 aliphatic carbocycles. The van der Waals surface area contributed by atoms with Crippen molar-refractivity contribution in [2.24, 2.45) is 10.4 Å². The zero-order valence-corrected chi connectivity index (χ0v) is 12.4. The Hall–Kier alpha value is -1.22. The number of ether oxygens (including phenoxy) is 1. The van der Waals surface area contributed by atoms with E-state index in [2.05, 4.69) is 24.9 Å². The van der Waals surface area contributed by atoms with Crippen molar-refractivity contribution in [3.05, 3.63) is 22.8 Å². The Labute approximate surface area is 115 Å². The molecule has 0 aromatic heterocycles. The van der Waals surface area contributed by atoms with Gasteiger partial charge >= 0.3 is 0 Å². The molecule has 1 heterocycles. The van der Waals surface area contributed by atoms with Crippen molar-refractivity contribution in [3.63, 3.8) is 0 Å². The third-order valence-corrected chi connectivity index (χ3v) is 3.94. The highest BCUT2D eigenvalue weighted by molar-refractivity contribution is 6.25. The van der Waals surface area contributed by atoms with E-state index in [0.29, 0.717) is 13.0 Å². The van der Waals surface area contributed by atoms with Gasteiger partial charge in [0, 0.05) is 24.8 Å². The van der Waals surface area contributed by atoms with Gasteiger partial charge in [-0.3, -0.25) is 9.79 Å². The van der Waals surface area contributed by atoms with Crippen LogP contribution < -0.4 is 0 Å². The van der Waals surface area contributed by atoms with E-state index in [1.807, 2.05) is 6.92 Å². The lowest BCUT2D eigenvalue weighted by atomic mass is 9.72. The summed E-state index contributed by atoms with van der Waals surface area (Å²) in [6.07, 6.45) is 4.48. The topological polar surface area (TPSA) is 38.7 Å². The number of hydrogen-bond donors (Lipinski definition) is 0. The van der Waals surface area contributed by atoms with Gasteiger partial charge in [0.25, 0.3) is 0 Å². The van der Waals surface area contributed by atoms with E-state index in [0.717, 1.165) is 36.3 Å². The SMILES string of the molecule is CN=C1CC(C)(C)CC(=O)/C1=C(/C)C1=CCOCC1. The van der Waals surface area contributed by atoms with Crippen LogP contribution in [0.15, 0.2) is 27.8 Å².